The second-order valence-electron chi connectivity index (χ2n) is 4.61. The van der Waals surface area contributed by atoms with Crippen molar-refractivity contribution >= 4 is 5.91 Å². The molecule has 4 nitrogen and oxygen atoms in total. The molecule has 0 fully saturated rings. The summed E-state index contributed by atoms with van der Waals surface area (Å²) in [6, 6.07) is 17.6. The number of amides is 1. The number of carbonyl (C=O) groups is 1. The monoisotopic (exact) mass is 278 g/mol. The largest absolute Gasteiger partial charge is 0.451 e. The zero-order valence-electron chi connectivity index (χ0n) is 11.3. The van der Waals surface area contributed by atoms with Crippen molar-refractivity contribution in [1.82, 2.24) is 10.3 Å². The molecule has 1 heterocycles. The summed E-state index contributed by atoms with van der Waals surface area (Å²) in [6.45, 7) is 0.357. The third kappa shape index (κ3) is 3.17. The molecule has 2 aromatic carbocycles. The van der Waals surface area contributed by atoms with Crippen LogP contribution in [0.1, 0.15) is 16.1 Å². The highest BCUT2D eigenvalue weighted by atomic mass is 16.3. The fourth-order valence-corrected chi connectivity index (χ4v) is 2.04. The van der Waals surface area contributed by atoms with Gasteiger partial charge >= 0.3 is 0 Å². The second-order valence-corrected chi connectivity index (χ2v) is 4.61. The summed E-state index contributed by atoms with van der Waals surface area (Å²) in [4.78, 5) is 16.0. The maximum Gasteiger partial charge on any atom is 0.251 e. The van der Waals surface area contributed by atoms with Gasteiger partial charge in [0.2, 0.25) is 0 Å². The fraction of sp³-hybridized carbons (Fsp3) is 0.0588. The number of rotatable bonds is 4. The maximum atomic E-state index is 12.0. The predicted molar refractivity (Wildman–Crippen MR) is 79.6 cm³/mol. The van der Waals surface area contributed by atoms with Crippen molar-refractivity contribution < 1.29 is 9.21 Å². The summed E-state index contributed by atoms with van der Waals surface area (Å²) in [7, 11) is 0. The van der Waals surface area contributed by atoms with Gasteiger partial charge < -0.3 is 9.73 Å². The summed E-state index contributed by atoms with van der Waals surface area (Å²) in [5.74, 6) is -0.127. The van der Waals surface area contributed by atoms with E-state index in [2.05, 4.69) is 10.3 Å². The van der Waals surface area contributed by atoms with Gasteiger partial charge in [-0.05, 0) is 23.3 Å². The summed E-state index contributed by atoms with van der Waals surface area (Å²) in [6.07, 6.45) is 2.86. The third-order valence-electron chi connectivity index (χ3n) is 3.17. The van der Waals surface area contributed by atoms with Gasteiger partial charge in [-0.2, -0.15) is 0 Å². The molecule has 0 aliphatic rings. The standard InChI is InChI=1S/C17H14N2O2/c20-17(18-10-16-11-21-12-19-16)15-8-6-14(7-9-15)13-4-2-1-3-5-13/h1-9,11-12H,10H2,(H,18,20). The number of benzene rings is 2. The van der Waals surface area contributed by atoms with Gasteiger partial charge in [0.25, 0.3) is 5.91 Å². The highest BCUT2D eigenvalue weighted by Crippen LogP contribution is 2.19. The predicted octanol–water partition coefficient (Wildman–Crippen LogP) is 3.27. The molecule has 0 saturated heterocycles. The smallest absolute Gasteiger partial charge is 0.251 e. The quantitative estimate of drug-likeness (QED) is 0.797. The van der Waals surface area contributed by atoms with Crippen LogP contribution < -0.4 is 5.32 Å². The Hall–Kier alpha value is -2.88. The maximum absolute atomic E-state index is 12.0. The molecule has 0 atom stereocenters. The molecule has 3 aromatic rings. The van der Waals surface area contributed by atoms with Gasteiger partial charge in [-0.15, -0.1) is 0 Å². The van der Waals surface area contributed by atoms with Gasteiger partial charge in [-0.25, -0.2) is 4.98 Å². The van der Waals surface area contributed by atoms with Crippen LogP contribution in [0, 0.1) is 0 Å². The first-order valence-corrected chi connectivity index (χ1v) is 6.64. The molecule has 1 aromatic heterocycles. The lowest BCUT2D eigenvalue weighted by Gasteiger charge is -2.05. The van der Waals surface area contributed by atoms with E-state index in [1.165, 1.54) is 12.7 Å². The lowest BCUT2D eigenvalue weighted by Crippen LogP contribution is -2.22. The third-order valence-corrected chi connectivity index (χ3v) is 3.17. The first-order valence-electron chi connectivity index (χ1n) is 6.64. The number of carbonyl (C=O) groups excluding carboxylic acids is 1. The summed E-state index contributed by atoms with van der Waals surface area (Å²) < 4.78 is 4.85. The Morgan fingerprint density at radius 1 is 1.00 bits per heavy atom. The number of oxazole rings is 1. The molecule has 3 rings (SSSR count). The lowest BCUT2D eigenvalue weighted by molar-refractivity contribution is 0.0950. The molecule has 0 saturated carbocycles. The Morgan fingerprint density at radius 3 is 2.38 bits per heavy atom. The van der Waals surface area contributed by atoms with E-state index >= 15 is 0 Å². The average molecular weight is 278 g/mol. The van der Waals surface area contributed by atoms with E-state index in [9.17, 15) is 4.79 Å². The van der Waals surface area contributed by atoms with E-state index in [1.807, 2.05) is 54.6 Å². The fourth-order valence-electron chi connectivity index (χ4n) is 2.04. The average Bonchev–Trinajstić information content (AvgIpc) is 3.07. The second kappa shape index (κ2) is 6.05. The molecule has 0 spiro atoms. The topological polar surface area (TPSA) is 55.1 Å². The first kappa shape index (κ1) is 13.1. The van der Waals surface area contributed by atoms with Crippen molar-refractivity contribution in [3.8, 4) is 11.1 Å². The SMILES string of the molecule is O=C(NCc1cocn1)c1ccc(-c2ccccc2)cc1. The molecule has 0 aliphatic heterocycles. The van der Waals surface area contributed by atoms with Crippen molar-refractivity contribution in [2.45, 2.75) is 6.54 Å². The minimum atomic E-state index is -0.127. The van der Waals surface area contributed by atoms with Crippen LogP contribution in [-0.2, 0) is 6.54 Å². The van der Waals surface area contributed by atoms with Crippen molar-refractivity contribution in [2.24, 2.45) is 0 Å². The van der Waals surface area contributed by atoms with Crippen LogP contribution in [0.15, 0.2) is 71.7 Å². The summed E-state index contributed by atoms with van der Waals surface area (Å²) in [5.41, 5.74) is 3.54. The van der Waals surface area contributed by atoms with E-state index in [0.717, 1.165) is 11.1 Å². The van der Waals surface area contributed by atoms with Crippen LogP contribution in [-0.4, -0.2) is 10.9 Å². The van der Waals surface area contributed by atoms with Crippen LogP contribution in [0.4, 0.5) is 0 Å². The number of aromatic nitrogens is 1. The Bertz CT molecular complexity index is 704. The minimum absolute atomic E-state index is 0.127. The van der Waals surface area contributed by atoms with Crippen molar-refractivity contribution in [1.29, 1.82) is 0 Å². The van der Waals surface area contributed by atoms with Crippen LogP contribution in [0.3, 0.4) is 0 Å². The zero-order valence-corrected chi connectivity index (χ0v) is 11.3. The highest BCUT2D eigenvalue weighted by Gasteiger charge is 2.06. The van der Waals surface area contributed by atoms with Crippen molar-refractivity contribution in [2.75, 3.05) is 0 Å². The normalized spacial score (nSPS) is 10.3. The van der Waals surface area contributed by atoms with Gasteiger partial charge in [0.05, 0.1) is 12.2 Å². The van der Waals surface area contributed by atoms with E-state index in [4.69, 9.17) is 4.42 Å². The molecule has 1 amide bonds. The van der Waals surface area contributed by atoms with Crippen molar-refractivity contribution in [3.05, 3.63) is 78.5 Å². The molecule has 4 heteroatoms. The van der Waals surface area contributed by atoms with E-state index in [-0.39, 0.29) is 5.91 Å². The molecule has 0 bridgehead atoms. The Kier molecular flexibility index (Phi) is 3.78. The van der Waals surface area contributed by atoms with Crippen LogP contribution >= 0.6 is 0 Å². The van der Waals surface area contributed by atoms with Crippen molar-refractivity contribution in [3.63, 3.8) is 0 Å². The van der Waals surface area contributed by atoms with Gasteiger partial charge in [0, 0.05) is 5.56 Å². The molecular weight excluding hydrogens is 264 g/mol. The molecule has 0 unspecified atom stereocenters. The summed E-state index contributed by atoms with van der Waals surface area (Å²) in [5, 5.41) is 2.80. The lowest BCUT2D eigenvalue weighted by atomic mass is 10.0. The van der Waals surface area contributed by atoms with Gasteiger partial charge in [-0.1, -0.05) is 42.5 Å². The zero-order chi connectivity index (χ0) is 14.5. The number of hydrogen-bond donors (Lipinski definition) is 1. The molecule has 0 radical (unpaired) electrons. The van der Waals surface area contributed by atoms with Gasteiger partial charge in [-0.3, -0.25) is 4.79 Å². The Morgan fingerprint density at radius 2 is 1.71 bits per heavy atom. The Balaban J connectivity index is 1.67. The van der Waals surface area contributed by atoms with Crippen LogP contribution in [0.2, 0.25) is 0 Å². The molecule has 104 valence electrons. The van der Waals surface area contributed by atoms with E-state index < -0.39 is 0 Å². The number of nitrogens with one attached hydrogen (secondary N) is 1. The van der Waals surface area contributed by atoms with E-state index in [0.29, 0.717) is 17.8 Å². The molecular formula is C17H14N2O2. The molecule has 21 heavy (non-hydrogen) atoms. The minimum Gasteiger partial charge on any atom is -0.451 e. The van der Waals surface area contributed by atoms with E-state index in [1.54, 1.807) is 0 Å². The molecule has 0 aliphatic carbocycles. The van der Waals surface area contributed by atoms with Crippen LogP contribution in [0.5, 0.6) is 0 Å². The van der Waals surface area contributed by atoms with Crippen LogP contribution in [0.25, 0.3) is 11.1 Å². The Labute approximate surface area is 122 Å². The molecule has 1 N–H and O–H groups in total. The van der Waals surface area contributed by atoms with Gasteiger partial charge in [0.15, 0.2) is 6.39 Å². The number of hydrogen-bond acceptors (Lipinski definition) is 3. The first-order chi connectivity index (χ1) is 10.3. The summed E-state index contributed by atoms with van der Waals surface area (Å²) >= 11 is 0. The number of nitrogens with zero attached hydrogens (tertiary/aromatic N) is 1. The van der Waals surface area contributed by atoms with Gasteiger partial charge in [0.1, 0.15) is 6.26 Å². The highest BCUT2D eigenvalue weighted by molar-refractivity contribution is 5.94.